The van der Waals surface area contributed by atoms with Crippen molar-refractivity contribution in [1.29, 1.82) is 0 Å². The Balaban J connectivity index is 2.29. The lowest BCUT2D eigenvalue weighted by atomic mass is 10.0. The fourth-order valence-electron chi connectivity index (χ4n) is 3.16. The monoisotopic (exact) mass is 340 g/mol. The fourth-order valence-corrected chi connectivity index (χ4v) is 5.18. The van der Waals surface area contributed by atoms with Gasteiger partial charge in [-0.25, -0.2) is 8.42 Å². The van der Waals surface area contributed by atoms with E-state index in [-0.39, 0.29) is 12.5 Å². The lowest BCUT2D eigenvalue weighted by Gasteiger charge is -2.32. The first-order valence-corrected chi connectivity index (χ1v) is 9.28. The summed E-state index contributed by atoms with van der Waals surface area (Å²) in [5.74, 6) is -0.350. The normalized spacial score (nSPS) is 17.4. The van der Waals surface area contributed by atoms with Crippen molar-refractivity contribution >= 4 is 15.9 Å². The maximum Gasteiger partial charge on any atom is 0.272 e. The molecule has 23 heavy (non-hydrogen) atoms. The van der Waals surface area contributed by atoms with Crippen molar-refractivity contribution in [2.75, 3.05) is 32.7 Å². The summed E-state index contributed by atoms with van der Waals surface area (Å²) in [7, 11) is -3.52. The second-order valence-corrected chi connectivity index (χ2v) is 8.26. The largest absolute Gasteiger partial charge is 0.365 e. The molecule has 1 saturated heterocycles. The Bertz CT molecular complexity index is 694. The number of carbonyl (C=O) groups is 1. The van der Waals surface area contributed by atoms with Crippen LogP contribution in [0.3, 0.4) is 0 Å². The van der Waals surface area contributed by atoms with Crippen molar-refractivity contribution < 1.29 is 18.1 Å². The number of rotatable bonds is 4. The zero-order valence-corrected chi connectivity index (χ0v) is 15.1. The number of nitrogens with two attached hydrogens (primary N) is 1. The Morgan fingerprint density at radius 1 is 1.13 bits per heavy atom. The third-order valence-electron chi connectivity index (χ3n) is 4.75. The van der Waals surface area contributed by atoms with Crippen molar-refractivity contribution in [3.63, 3.8) is 0 Å². The van der Waals surface area contributed by atoms with Crippen LogP contribution in [0.2, 0.25) is 0 Å². The highest BCUT2D eigenvalue weighted by atomic mass is 32.2. The number of hydrogen-bond donors (Lipinski definition) is 2. The Morgan fingerprint density at radius 3 is 2.04 bits per heavy atom. The molecule has 0 atom stereocenters. The molecule has 0 saturated carbocycles. The quantitative estimate of drug-likeness (QED) is 0.760. The first-order chi connectivity index (χ1) is 10.6. The van der Waals surface area contributed by atoms with Gasteiger partial charge < -0.3 is 10.6 Å². The summed E-state index contributed by atoms with van der Waals surface area (Å²) in [6.45, 7) is 9.90. The first-order valence-electron chi connectivity index (χ1n) is 7.84. The highest BCUT2D eigenvalue weighted by Crippen LogP contribution is 2.28. The van der Waals surface area contributed by atoms with Crippen molar-refractivity contribution in [1.82, 2.24) is 4.31 Å². The van der Waals surface area contributed by atoms with Crippen LogP contribution in [0.25, 0.3) is 0 Å². The summed E-state index contributed by atoms with van der Waals surface area (Å²) >= 11 is 0. The average Bonchev–Trinajstić information content (AvgIpc) is 2.45. The molecule has 1 fully saturated rings. The van der Waals surface area contributed by atoms with Gasteiger partial charge in [-0.3, -0.25) is 4.79 Å². The second kappa shape index (κ2) is 6.59. The van der Waals surface area contributed by atoms with E-state index in [9.17, 15) is 13.2 Å². The molecule has 1 aliphatic rings. The molecule has 1 aromatic carbocycles. The molecule has 2 rings (SSSR count). The summed E-state index contributed by atoms with van der Waals surface area (Å²) in [4.78, 5) is 12.5. The molecule has 7 heteroatoms. The van der Waals surface area contributed by atoms with E-state index in [1.807, 2.05) is 33.8 Å². The molecule has 1 aliphatic heterocycles. The van der Waals surface area contributed by atoms with E-state index in [0.717, 1.165) is 27.2 Å². The highest BCUT2D eigenvalue weighted by molar-refractivity contribution is 7.89. The maximum atomic E-state index is 13.1. The minimum atomic E-state index is -3.52. The van der Waals surface area contributed by atoms with Gasteiger partial charge >= 0.3 is 0 Å². The zero-order chi connectivity index (χ0) is 17.4. The number of quaternary nitrogens is 1. The van der Waals surface area contributed by atoms with Gasteiger partial charge in [0, 0.05) is 0 Å². The molecule has 3 N–H and O–H groups in total. The fraction of sp³-hybridized carbons (Fsp3) is 0.562. The number of nitrogens with one attached hydrogen (secondary N) is 1. The number of hydrogen-bond acceptors (Lipinski definition) is 3. The third-order valence-corrected chi connectivity index (χ3v) is 6.92. The lowest BCUT2D eigenvalue weighted by Crippen LogP contribution is -3.15. The molecule has 0 spiro atoms. The van der Waals surface area contributed by atoms with E-state index in [1.54, 1.807) is 0 Å². The molecule has 128 valence electrons. The molecule has 6 nitrogen and oxygen atoms in total. The van der Waals surface area contributed by atoms with E-state index in [0.29, 0.717) is 31.1 Å². The second-order valence-electron chi connectivity index (χ2n) is 6.39. The van der Waals surface area contributed by atoms with Gasteiger partial charge in [0.25, 0.3) is 5.91 Å². The summed E-state index contributed by atoms with van der Waals surface area (Å²) in [6, 6.07) is 2.03. The van der Waals surface area contributed by atoms with E-state index in [1.165, 1.54) is 4.31 Å². The van der Waals surface area contributed by atoms with Crippen molar-refractivity contribution in [2.45, 2.75) is 32.6 Å². The Morgan fingerprint density at radius 2 is 1.61 bits per heavy atom. The predicted octanol–water partition coefficient (Wildman–Crippen LogP) is -0.705. The van der Waals surface area contributed by atoms with Crippen LogP contribution >= 0.6 is 0 Å². The van der Waals surface area contributed by atoms with Crippen molar-refractivity contribution in [3.05, 3.63) is 28.3 Å². The highest BCUT2D eigenvalue weighted by Gasteiger charge is 2.33. The predicted molar refractivity (Wildman–Crippen MR) is 88.9 cm³/mol. The molecule has 0 aliphatic carbocycles. The van der Waals surface area contributed by atoms with Gasteiger partial charge in [0.15, 0.2) is 6.54 Å². The van der Waals surface area contributed by atoms with Gasteiger partial charge in [0.05, 0.1) is 31.1 Å². The van der Waals surface area contributed by atoms with Crippen LogP contribution in [0, 0.1) is 27.7 Å². The third kappa shape index (κ3) is 3.57. The Labute approximate surface area is 138 Å². The molecule has 0 aromatic heterocycles. The average molecular weight is 340 g/mol. The van der Waals surface area contributed by atoms with Crippen LogP contribution in [0.4, 0.5) is 0 Å². The molecule has 0 unspecified atom stereocenters. The molecule has 1 aromatic rings. The van der Waals surface area contributed by atoms with Gasteiger partial charge in [0.2, 0.25) is 10.0 Å². The molecular formula is C16H26N3O3S+. The van der Waals surface area contributed by atoms with Crippen molar-refractivity contribution in [2.24, 2.45) is 5.73 Å². The summed E-state index contributed by atoms with van der Waals surface area (Å²) in [5.41, 5.74) is 8.84. The minimum Gasteiger partial charge on any atom is -0.365 e. The number of piperazine rings is 1. The van der Waals surface area contributed by atoms with Crippen molar-refractivity contribution in [3.8, 4) is 0 Å². The summed E-state index contributed by atoms with van der Waals surface area (Å²) in [6.07, 6.45) is 0. The Hall–Kier alpha value is -1.44. The van der Waals surface area contributed by atoms with Crippen LogP contribution in [0.1, 0.15) is 22.3 Å². The summed E-state index contributed by atoms with van der Waals surface area (Å²) in [5, 5.41) is 0. The number of sulfonamides is 1. The van der Waals surface area contributed by atoms with Gasteiger partial charge in [-0.15, -0.1) is 0 Å². The van der Waals surface area contributed by atoms with Crippen LogP contribution < -0.4 is 10.6 Å². The van der Waals surface area contributed by atoms with Crippen LogP contribution in [0.15, 0.2) is 11.0 Å². The van der Waals surface area contributed by atoms with Crippen LogP contribution in [-0.2, 0) is 14.8 Å². The number of benzene rings is 1. The van der Waals surface area contributed by atoms with E-state index >= 15 is 0 Å². The SMILES string of the molecule is Cc1cc(C)c(C)c(S(=O)(=O)N2CC[NH+](CC(N)=O)CC2)c1C. The zero-order valence-electron chi connectivity index (χ0n) is 14.3. The van der Waals surface area contributed by atoms with E-state index in [4.69, 9.17) is 5.73 Å². The van der Waals surface area contributed by atoms with E-state index in [2.05, 4.69) is 0 Å². The summed E-state index contributed by atoms with van der Waals surface area (Å²) < 4.78 is 27.7. The van der Waals surface area contributed by atoms with Gasteiger partial charge in [-0.05, 0) is 49.9 Å². The first kappa shape index (κ1) is 17.9. The lowest BCUT2D eigenvalue weighted by molar-refractivity contribution is -0.895. The Kier molecular flexibility index (Phi) is 5.13. The van der Waals surface area contributed by atoms with Crippen LogP contribution in [-0.4, -0.2) is 51.4 Å². The van der Waals surface area contributed by atoms with Gasteiger partial charge in [-0.1, -0.05) is 6.07 Å². The van der Waals surface area contributed by atoms with E-state index < -0.39 is 10.0 Å². The smallest absolute Gasteiger partial charge is 0.272 e. The van der Waals surface area contributed by atoms with Gasteiger partial charge in [-0.2, -0.15) is 4.31 Å². The molecule has 0 bridgehead atoms. The molecule has 1 heterocycles. The molecular weight excluding hydrogens is 314 g/mol. The van der Waals surface area contributed by atoms with Crippen LogP contribution in [0.5, 0.6) is 0 Å². The minimum absolute atomic E-state index is 0.259. The number of aryl methyl sites for hydroxylation is 2. The number of amides is 1. The molecule has 0 radical (unpaired) electrons. The van der Waals surface area contributed by atoms with Gasteiger partial charge in [0.1, 0.15) is 0 Å². The standard InChI is InChI=1S/C16H25N3O3S/c1-11-9-12(2)14(4)16(13(11)3)23(21,22)19-7-5-18(6-8-19)10-15(17)20/h9H,5-8,10H2,1-4H3,(H2,17,20)/p+1. The number of primary amides is 1. The molecule has 1 amide bonds. The maximum absolute atomic E-state index is 13.1. The number of carbonyl (C=O) groups excluding carboxylic acids is 1. The topological polar surface area (TPSA) is 84.9 Å². The number of nitrogens with zero attached hydrogens (tertiary/aromatic N) is 1.